The number of ether oxygens (including phenoxy) is 1. The smallest absolute Gasteiger partial charge is 0.162 e. The quantitative estimate of drug-likeness (QED) is 0.723. The van der Waals surface area contributed by atoms with E-state index in [2.05, 4.69) is 12.0 Å². The number of nitrogens with zero attached hydrogens (tertiary/aromatic N) is 2. The van der Waals surface area contributed by atoms with Gasteiger partial charge in [0.2, 0.25) is 0 Å². The Balaban J connectivity index is 2.70. The van der Waals surface area contributed by atoms with Crippen LogP contribution in [-0.4, -0.2) is 22.9 Å². The van der Waals surface area contributed by atoms with Gasteiger partial charge in [-0.3, -0.25) is 4.68 Å². The van der Waals surface area contributed by atoms with Gasteiger partial charge in [-0.1, -0.05) is 0 Å². The standard InChI is InChI=1S/C10H19N3O/c1-4-13-9(3)10(8(2)12-13)14-7-5-6-11/h4-7,11H2,1-3H3. The van der Waals surface area contributed by atoms with Crippen molar-refractivity contribution in [2.75, 3.05) is 13.2 Å². The fourth-order valence-electron chi connectivity index (χ4n) is 1.45. The second kappa shape index (κ2) is 5.00. The maximum absolute atomic E-state index is 5.63. The molecule has 0 unspecified atom stereocenters. The van der Waals surface area contributed by atoms with Gasteiger partial charge < -0.3 is 10.5 Å². The van der Waals surface area contributed by atoms with E-state index in [1.54, 1.807) is 0 Å². The lowest BCUT2D eigenvalue weighted by molar-refractivity contribution is 0.308. The van der Waals surface area contributed by atoms with E-state index in [0.29, 0.717) is 13.2 Å². The van der Waals surface area contributed by atoms with Crippen molar-refractivity contribution in [3.05, 3.63) is 11.4 Å². The van der Waals surface area contributed by atoms with Gasteiger partial charge in [0, 0.05) is 6.54 Å². The molecule has 0 atom stereocenters. The van der Waals surface area contributed by atoms with Crippen molar-refractivity contribution in [3.63, 3.8) is 0 Å². The molecule has 0 aliphatic heterocycles. The Hall–Kier alpha value is -1.03. The van der Waals surface area contributed by atoms with E-state index in [1.165, 1.54) is 0 Å². The Morgan fingerprint density at radius 3 is 2.64 bits per heavy atom. The van der Waals surface area contributed by atoms with Gasteiger partial charge in [-0.05, 0) is 33.7 Å². The zero-order chi connectivity index (χ0) is 10.6. The van der Waals surface area contributed by atoms with Gasteiger partial charge >= 0.3 is 0 Å². The van der Waals surface area contributed by atoms with Crippen molar-refractivity contribution < 1.29 is 4.74 Å². The molecule has 80 valence electrons. The number of hydrogen-bond donors (Lipinski definition) is 1. The van der Waals surface area contributed by atoms with Crippen LogP contribution in [0.15, 0.2) is 0 Å². The lowest BCUT2D eigenvalue weighted by Gasteiger charge is -2.05. The van der Waals surface area contributed by atoms with Crippen LogP contribution in [0.3, 0.4) is 0 Å². The Bertz CT molecular complexity index is 294. The summed E-state index contributed by atoms with van der Waals surface area (Å²) in [4.78, 5) is 0. The molecule has 0 amide bonds. The van der Waals surface area contributed by atoms with E-state index in [0.717, 1.165) is 30.1 Å². The summed E-state index contributed by atoms with van der Waals surface area (Å²) in [5, 5.41) is 4.37. The molecular formula is C10H19N3O. The summed E-state index contributed by atoms with van der Waals surface area (Å²) in [6.07, 6.45) is 0.885. The second-order valence-corrected chi connectivity index (χ2v) is 3.31. The highest BCUT2D eigenvalue weighted by molar-refractivity contribution is 5.31. The molecule has 1 aromatic rings. The Morgan fingerprint density at radius 1 is 1.43 bits per heavy atom. The third kappa shape index (κ3) is 2.26. The third-order valence-electron chi connectivity index (χ3n) is 2.21. The molecule has 1 rings (SSSR count). The lowest BCUT2D eigenvalue weighted by Crippen LogP contribution is -2.07. The van der Waals surface area contributed by atoms with Crippen molar-refractivity contribution in [2.45, 2.75) is 33.7 Å². The van der Waals surface area contributed by atoms with E-state index in [4.69, 9.17) is 10.5 Å². The molecule has 0 aliphatic rings. The second-order valence-electron chi connectivity index (χ2n) is 3.31. The summed E-state index contributed by atoms with van der Waals surface area (Å²) < 4.78 is 7.58. The first-order valence-corrected chi connectivity index (χ1v) is 5.07. The first-order valence-electron chi connectivity index (χ1n) is 5.07. The van der Waals surface area contributed by atoms with Crippen LogP contribution in [0.4, 0.5) is 0 Å². The van der Waals surface area contributed by atoms with Crippen LogP contribution in [0.2, 0.25) is 0 Å². The van der Waals surface area contributed by atoms with Crippen molar-refractivity contribution in [1.82, 2.24) is 9.78 Å². The van der Waals surface area contributed by atoms with Crippen LogP contribution < -0.4 is 10.5 Å². The lowest BCUT2D eigenvalue weighted by atomic mass is 10.3. The van der Waals surface area contributed by atoms with E-state index < -0.39 is 0 Å². The Morgan fingerprint density at radius 2 is 2.14 bits per heavy atom. The van der Waals surface area contributed by atoms with Crippen molar-refractivity contribution in [2.24, 2.45) is 5.73 Å². The van der Waals surface area contributed by atoms with E-state index in [1.807, 2.05) is 18.5 Å². The molecule has 4 heteroatoms. The highest BCUT2D eigenvalue weighted by Gasteiger charge is 2.10. The van der Waals surface area contributed by atoms with Gasteiger partial charge in [0.1, 0.15) is 5.69 Å². The van der Waals surface area contributed by atoms with Crippen LogP contribution in [0.5, 0.6) is 5.75 Å². The van der Waals surface area contributed by atoms with Crippen LogP contribution in [0, 0.1) is 13.8 Å². The minimum Gasteiger partial charge on any atom is -0.490 e. The minimum absolute atomic E-state index is 0.667. The Labute approximate surface area is 85.0 Å². The van der Waals surface area contributed by atoms with Gasteiger partial charge in [0.05, 0.1) is 12.3 Å². The number of rotatable bonds is 5. The zero-order valence-electron chi connectivity index (χ0n) is 9.21. The topological polar surface area (TPSA) is 53.1 Å². The predicted octanol–water partition coefficient (Wildman–Crippen LogP) is 1.25. The van der Waals surface area contributed by atoms with Crippen LogP contribution >= 0.6 is 0 Å². The van der Waals surface area contributed by atoms with Gasteiger partial charge in [0.15, 0.2) is 5.75 Å². The molecule has 0 spiro atoms. The summed E-state index contributed by atoms with van der Waals surface area (Å²) in [6, 6.07) is 0. The van der Waals surface area contributed by atoms with E-state index in [9.17, 15) is 0 Å². The monoisotopic (exact) mass is 197 g/mol. The molecular weight excluding hydrogens is 178 g/mol. The first kappa shape index (κ1) is 11.0. The van der Waals surface area contributed by atoms with Crippen LogP contribution in [-0.2, 0) is 6.54 Å². The first-order chi connectivity index (χ1) is 6.70. The van der Waals surface area contributed by atoms with Gasteiger partial charge in [0.25, 0.3) is 0 Å². The Kier molecular flexibility index (Phi) is 3.95. The van der Waals surface area contributed by atoms with Crippen molar-refractivity contribution in [1.29, 1.82) is 0 Å². The van der Waals surface area contributed by atoms with Gasteiger partial charge in [-0.15, -0.1) is 0 Å². The van der Waals surface area contributed by atoms with E-state index >= 15 is 0 Å². The molecule has 1 heterocycles. The number of aromatic nitrogens is 2. The summed E-state index contributed by atoms with van der Waals surface area (Å²) in [6.45, 7) is 8.29. The molecule has 4 nitrogen and oxygen atoms in total. The number of nitrogens with two attached hydrogens (primary N) is 1. The third-order valence-corrected chi connectivity index (χ3v) is 2.21. The maximum atomic E-state index is 5.63. The normalized spacial score (nSPS) is 10.6. The van der Waals surface area contributed by atoms with Gasteiger partial charge in [-0.25, -0.2) is 0 Å². The highest BCUT2D eigenvalue weighted by Crippen LogP contribution is 2.22. The van der Waals surface area contributed by atoms with Gasteiger partial charge in [-0.2, -0.15) is 5.10 Å². The highest BCUT2D eigenvalue weighted by atomic mass is 16.5. The molecule has 1 aromatic heterocycles. The zero-order valence-corrected chi connectivity index (χ0v) is 9.21. The molecule has 0 saturated heterocycles. The fourth-order valence-corrected chi connectivity index (χ4v) is 1.45. The average Bonchev–Trinajstić information content (AvgIpc) is 2.45. The number of aryl methyl sites for hydroxylation is 2. The predicted molar refractivity (Wildman–Crippen MR) is 56.5 cm³/mol. The molecule has 2 N–H and O–H groups in total. The molecule has 0 saturated carbocycles. The van der Waals surface area contributed by atoms with Crippen LogP contribution in [0.25, 0.3) is 0 Å². The SMILES string of the molecule is CCn1nc(C)c(OCCCN)c1C. The molecule has 0 fully saturated rings. The largest absolute Gasteiger partial charge is 0.490 e. The summed E-state index contributed by atoms with van der Waals surface area (Å²) >= 11 is 0. The molecule has 14 heavy (non-hydrogen) atoms. The summed E-state index contributed by atoms with van der Waals surface area (Å²) in [5.41, 5.74) is 7.46. The summed E-state index contributed by atoms with van der Waals surface area (Å²) in [7, 11) is 0. The molecule has 0 aliphatic carbocycles. The molecule has 0 radical (unpaired) electrons. The molecule has 0 aromatic carbocycles. The minimum atomic E-state index is 0.667. The fraction of sp³-hybridized carbons (Fsp3) is 0.700. The number of hydrogen-bond acceptors (Lipinski definition) is 3. The van der Waals surface area contributed by atoms with Crippen molar-refractivity contribution in [3.8, 4) is 5.75 Å². The van der Waals surface area contributed by atoms with E-state index in [-0.39, 0.29) is 0 Å². The van der Waals surface area contributed by atoms with Crippen LogP contribution in [0.1, 0.15) is 24.7 Å². The summed E-state index contributed by atoms with van der Waals surface area (Å²) in [5.74, 6) is 0.917. The molecule has 0 bridgehead atoms. The average molecular weight is 197 g/mol. The van der Waals surface area contributed by atoms with Crippen molar-refractivity contribution >= 4 is 0 Å². The maximum Gasteiger partial charge on any atom is 0.162 e.